The first-order chi connectivity index (χ1) is 11.5. The third-order valence-electron chi connectivity index (χ3n) is 4.28. The molecule has 6 heteroatoms. The van der Waals surface area contributed by atoms with E-state index in [-0.39, 0.29) is 11.8 Å². The highest BCUT2D eigenvalue weighted by molar-refractivity contribution is 5.94. The van der Waals surface area contributed by atoms with Gasteiger partial charge in [0.1, 0.15) is 12.1 Å². The third-order valence-corrected chi connectivity index (χ3v) is 4.28. The van der Waals surface area contributed by atoms with Gasteiger partial charge in [0.05, 0.1) is 0 Å². The van der Waals surface area contributed by atoms with Crippen LogP contribution in [0.3, 0.4) is 0 Å². The van der Waals surface area contributed by atoms with Crippen LogP contribution in [0.4, 0.5) is 0 Å². The van der Waals surface area contributed by atoms with Crippen molar-refractivity contribution in [1.29, 1.82) is 0 Å². The number of carbonyl (C=O) groups excluding carboxylic acids is 3. The van der Waals surface area contributed by atoms with Gasteiger partial charge in [-0.1, -0.05) is 42.5 Å². The van der Waals surface area contributed by atoms with E-state index in [0.717, 1.165) is 16.3 Å². The van der Waals surface area contributed by atoms with Gasteiger partial charge in [0, 0.05) is 12.8 Å². The van der Waals surface area contributed by atoms with Crippen LogP contribution in [0.5, 0.6) is 0 Å². The number of hydrogen-bond donors (Lipinski definition) is 3. The van der Waals surface area contributed by atoms with Crippen molar-refractivity contribution in [3.63, 3.8) is 0 Å². The van der Waals surface area contributed by atoms with Crippen molar-refractivity contribution in [3.8, 4) is 0 Å². The molecule has 1 fully saturated rings. The number of amides is 3. The Morgan fingerprint density at radius 1 is 1.21 bits per heavy atom. The summed E-state index contributed by atoms with van der Waals surface area (Å²) in [4.78, 5) is 35.2. The minimum atomic E-state index is -0.819. The van der Waals surface area contributed by atoms with E-state index in [1.807, 2.05) is 42.5 Å². The van der Waals surface area contributed by atoms with Crippen molar-refractivity contribution >= 4 is 28.5 Å². The molecule has 0 aliphatic carbocycles. The molecular weight excluding hydrogens is 306 g/mol. The molecule has 124 valence electrons. The summed E-state index contributed by atoms with van der Waals surface area (Å²) >= 11 is 0. The largest absolute Gasteiger partial charge is 0.368 e. The quantitative estimate of drug-likeness (QED) is 0.751. The van der Waals surface area contributed by atoms with Crippen molar-refractivity contribution in [2.45, 2.75) is 31.3 Å². The van der Waals surface area contributed by atoms with E-state index in [2.05, 4.69) is 10.6 Å². The number of fused-ring (bicyclic) bond motifs is 1. The predicted molar refractivity (Wildman–Crippen MR) is 89.9 cm³/mol. The van der Waals surface area contributed by atoms with Crippen molar-refractivity contribution in [3.05, 3.63) is 48.0 Å². The first kappa shape index (κ1) is 16.0. The summed E-state index contributed by atoms with van der Waals surface area (Å²) in [6, 6.07) is 12.3. The van der Waals surface area contributed by atoms with Gasteiger partial charge in [-0.2, -0.15) is 0 Å². The highest BCUT2D eigenvalue weighted by Gasteiger charge is 2.30. The summed E-state index contributed by atoms with van der Waals surface area (Å²) < 4.78 is 0. The van der Waals surface area contributed by atoms with Gasteiger partial charge >= 0.3 is 0 Å². The Bertz CT molecular complexity index is 798. The molecule has 6 nitrogen and oxygen atoms in total. The van der Waals surface area contributed by atoms with Crippen LogP contribution in [0.15, 0.2) is 42.5 Å². The minimum Gasteiger partial charge on any atom is -0.368 e. The maximum atomic E-state index is 12.2. The average Bonchev–Trinajstić information content (AvgIpc) is 3.01. The maximum absolute atomic E-state index is 12.2. The van der Waals surface area contributed by atoms with Gasteiger partial charge < -0.3 is 16.4 Å². The van der Waals surface area contributed by atoms with Gasteiger partial charge in [0.15, 0.2) is 0 Å². The zero-order valence-electron chi connectivity index (χ0n) is 13.1. The fourth-order valence-corrected chi connectivity index (χ4v) is 3.00. The van der Waals surface area contributed by atoms with E-state index in [4.69, 9.17) is 5.73 Å². The van der Waals surface area contributed by atoms with Crippen LogP contribution in [0, 0.1) is 0 Å². The van der Waals surface area contributed by atoms with Crippen LogP contribution in [0.2, 0.25) is 0 Å². The topological polar surface area (TPSA) is 101 Å². The van der Waals surface area contributed by atoms with E-state index in [1.165, 1.54) is 0 Å². The van der Waals surface area contributed by atoms with E-state index < -0.39 is 18.0 Å². The van der Waals surface area contributed by atoms with Crippen LogP contribution in [-0.2, 0) is 20.8 Å². The first-order valence-electron chi connectivity index (χ1n) is 7.90. The normalized spacial score (nSPS) is 18.2. The predicted octanol–water partition coefficient (Wildman–Crippen LogP) is 0.631. The number of nitrogens with two attached hydrogens (primary N) is 1. The Morgan fingerprint density at radius 3 is 2.67 bits per heavy atom. The second-order valence-electron chi connectivity index (χ2n) is 5.96. The summed E-state index contributed by atoms with van der Waals surface area (Å²) in [6.07, 6.45) is 1.07. The molecule has 3 rings (SSSR count). The standard InChI is InChI=1S/C18H19N3O3/c19-17(23)15(21-18(24)14-8-9-16(22)20-14)10-12-6-3-5-11-4-1-2-7-13(11)12/h1-7,14-15H,8-10H2,(H2,19,23)(H,20,22)(H,21,24)/t14-,15-/m1/s1. The Kier molecular flexibility index (Phi) is 4.46. The average molecular weight is 325 g/mol. The summed E-state index contributed by atoms with van der Waals surface area (Å²) in [5.41, 5.74) is 6.40. The highest BCUT2D eigenvalue weighted by Crippen LogP contribution is 2.20. The molecule has 0 radical (unpaired) electrons. The first-order valence-corrected chi connectivity index (χ1v) is 7.90. The molecule has 0 bridgehead atoms. The third kappa shape index (κ3) is 3.37. The Labute approximate surface area is 139 Å². The number of hydrogen-bond acceptors (Lipinski definition) is 3. The Balaban J connectivity index is 1.77. The van der Waals surface area contributed by atoms with Crippen LogP contribution < -0.4 is 16.4 Å². The Hall–Kier alpha value is -2.89. The number of rotatable bonds is 5. The summed E-state index contributed by atoms with van der Waals surface area (Å²) in [5.74, 6) is -1.12. The lowest BCUT2D eigenvalue weighted by Crippen LogP contribution is -2.51. The van der Waals surface area contributed by atoms with Gasteiger partial charge in [-0.15, -0.1) is 0 Å². The van der Waals surface area contributed by atoms with Gasteiger partial charge in [-0.25, -0.2) is 0 Å². The van der Waals surface area contributed by atoms with Crippen LogP contribution in [0.25, 0.3) is 10.8 Å². The molecular formula is C18H19N3O3. The molecule has 2 aromatic carbocycles. The lowest BCUT2D eigenvalue weighted by atomic mass is 9.98. The van der Waals surface area contributed by atoms with Crippen molar-refractivity contribution in [2.24, 2.45) is 5.73 Å². The maximum Gasteiger partial charge on any atom is 0.243 e. The van der Waals surface area contributed by atoms with Crippen molar-refractivity contribution in [1.82, 2.24) is 10.6 Å². The lowest BCUT2D eigenvalue weighted by Gasteiger charge is -2.19. The molecule has 2 atom stereocenters. The molecule has 0 unspecified atom stereocenters. The van der Waals surface area contributed by atoms with Gasteiger partial charge in [0.25, 0.3) is 0 Å². The van der Waals surface area contributed by atoms with Gasteiger partial charge in [-0.3, -0.25) is 14.4 Å². The van der Waals surface area contributed by atoms with E-state index in [1.54, 1.807) is 0 Å². The zero-order chi connectivity index (χ0) is 17.1. The fraction of sp³-hybridized carbons (Fsp3) is 0.278. The second kappa shape index (κ2) is 6.70. The molecule has 24 heavy (non-hydrogen) atoms. The number of carbonyl (C=O) groups is 3. The molecule has 0 spiro atoms. The number of benzene rings is 2. The van der Waals surface area contributed by atoms with Gasteiger partial charge in [-0.05, 0) is 22.8 Å². The van der Waals surface area contributed by atoms with E-state index in [9.17, 15) is 14.4 Å². The highest BCUT2D eigenvalue weighted by atomic mass is 16.2. The minimum absolute atomic E-state index is 0.153. The molecule has 1 heterocycles. The van der Waals surface area contributed by atoms with Crippen LogP contribution >= 0.6 is 0 Å². The number of primary amides is 1. The summed E-state index contributed by atoms with van der Waals surface area (Å²) in [7, 11) is 0. The van der Waals surface area contributed by atoms with Crippen molar-refractivity contribution < 1.29 is 14.4 Å². The van der Waals surface area contributed by atoms with Crippen LogP contribution in [-0.4, -0.2) is 29.8 Å². The molecule has 1 saturated heterocycles. The molecule has 0 saturated carbocycles. The van der Waals surface area contributed by atoms with Gasteiger partial charge in [0.2, 0.25) is 17.7 Å². The lowest BCUT2D eigenvalue weighted by molar-refractivity contribution is -0.129. The second-order valence-corrected chi connectivity index (χ2v) is 5.96. The molecule has 2 aromatic rings. The monoisotopic (exact) mass is 325 g/mol. The smallest absolute Gasteiger partial charge is 0.243 e. The molecule has 1 aliphatic heterocycles. The van der Waals surface area contributed by atoms with Crippen molar-refractivity contribution in [2.75, 3.05) is 0 Å². The Morgan fingerprint density at radius 2 is 1.96 bits per heavy atom. The summed E-state index contributed by atoms with van der Waals surface area (Å²) in [5, 5.41) is 7.34. The molecule has 3 amide bonds. The molecule has 4 N–H and O–H groups in total. The summed E-state index contributed by atoms with van der Waals surface area (Å²) in [6.45, 7) is 0. The molecule has 0 aromatic heterocycles. The SMILES string of the molecule is NC(=O)[C@@H](Cc1cccc2ccccc12)NC(=O)[C@H]1CCC(=O)N1. The fourth-order valence-electron chi connectivity index (χ4n) is 3.00. The molecule has 1 aliphatic rings. The van der Waals surface area contributed by atoms with E-state index >= 15 is 0 Å². The van der Waals surface area contributed by atoms with Crippen LogP contribution in [0.1, 0.15) is 18.4 Å². The van der Waals surface area contributed by atoms with E-state index in [0.29, 0.717) is 19.3 Å². The number of nitrogens with one attached hydrogen (secondary N) is 2. The zero-order valence-corrected chi connectivity index (χ0v) is 13.1.